The molecule has 0 atom stereocenters. The van der Waals surface area contributed by atoms with E-state index in [-0.39, 0.29) is 6.54 Å². The predicted octanol–water partition coefficient (Wildman–Crippen LogP) is -0.181. The number of nitrogens with one attached hydrogen (secondary N) is 3. The summed E-state index contributed by atoms with van der Waals surface area (Å²) in [6.45, 7) is 2.22. The fraction of sp³-hybridized carbons (Fsp3) is 0.727. The van der Waals surface area contributed by atoms with Crippen LogP contribution in [-0.2, 0) is 9.59 Å². The van der Waals surface area contributed by atoms with Crippen molar-refractivity contribution in [1.82, 2.24) is 16.0 Å². The minimum atomic E-state index is -0.989. The Kier molecular flexibility index (Phi) is 5.08. The Labute approximate surface area is 105 Å². The Morgan fingerprint density at radius 2 is 1.94 bits per heavy atom. The Balaban J connectivity index is 2.28. The van der Waals surface area contributed by atoms with Crippen molar-refractivity contribution < 1.29 is 19.5 Å². The van der Waals surface area contributed by atoms with Crippen LogP contribution in [0.1, 0.15) is 32.6 Å². The van der Waals surface area contributed by atoms with Crippen molar-refractivity contribution in [3.8, 4) is 0 Å². The first-order chi connectivity index (χ1) is 8.50. The van der Waals surface area contributed by atoms with Gasteiger partial charge < -0.3 is 10.4 Å². The lowest BCUT2D eigenvalue weighted by Crippen LogP contribution is -2.59. The molecular formula is C11H19N3O4. The van der Waals surface area contributed by atoms with Gasteiger partial charge in [-0.15, -0.1) is 0 Å². The first-order valence-electron chi connectivity index (χ1n) is 6.06. The average Bonchev–Trinajstić information content (AvgIpc) is 2.24. The van der Waals surface area contributed by atoms with Gasteiger partial charge in [0.15, 0.2) is 0 Å². The summed E-state index contributed by atoms with van der Waals surface area (Å²) in [5, 5.41) is 16.3. The van der Waals surface area contributed by atoms with Crippen LogP contribution in [0.25, 0.3) is 0 Å². The lowest BCUT2D eigenvalue weighted by Gasteiger charge is -2.38. The summed E-state index contributed by atoms with van der Waals surface area (Å²) in [6.07, 6.45) is 2.63. The molecule has 7 nitrogen and oxygen atoms in total. The molecule has 0 unspecified atom stereocenters. The predicted molar refractivity (Wildman–Crippen MR) is 64.1 cm³/mol. The van der Waals surface area contributed by atoms with Gasteiger partial charge in [-0.05, 0) is 25.7 Å². The zero-order chi connectivity index (χ0) is 13.6. The van der Waals surface area contributed by atoms with Gasteiger partial charge in [0.2, 0.25) is 5.91 Å². The minimum absolute atomic E-state index is 0.175. The number of carboxylic acids is 1. The summed E-state index contributed by atoms with van der Waals surface area (Å²) in [5.74, 6) is -1.48. The first kappa shape index (κ1) is 14.4. The van der Waals surface area contributed by atoms with Crippen LogP contribution in [0.5, 0.6) is 0 Å². The van der Waals surface area contributed by atoms with E-state index in [0.717, 1.165) is 12.8 Å². The molecule has 0 bridgehead atoms. The van der Waals surface area contributed by atoms with E-state index in [1.807, 2.05) is 6.92 Å². The number of aliphatic carboxylic acids is 1. The van der Waals surface area contributed by atoms with Crippen LogP contribution < -0.4 is 16.0 Å². The molecule has 0 saturated heterocycles. The molecule has 7 heteroatoms. The summed E-state index contributed by atoms with van der Waals surface area (Å²) in [5.41, 5.74) is -0.989. The van der Waals surface area contributed by atoms with E-state index in [0.29, 0.717) is 19.4 Å². The summed E-state index contributed by atoms with van der Waals surface area (Å²) >= 11 is 0. The molecule has 102 valence electrons. The fourth-order valence-electron chi connectivity index (χ4n) is 1.70. The molecule has 3 amide bonds. The van der Waals surface area contributed by atoms with Crippen LogP contribution in [0.3, 0.4) is 0 Å². The topological polar surface area (TPSA) is 108 Å². The number of carboxylic acid groups (broad SMARTS) is 1. The molecule has 4 N–H and O–H groups in total. The molecule has 0 aromatic rings. The van der Waals surface area contributed by atoms with Gasteiger partial charge in [-0.2, -0.15) is 0 Å². The van der Waals surface area contributed by atoms with E-state index >= 15 is 0 Å². The largest absolute Gasteiger partial charge is 0.480 e. The quantitative estimate of drug-likeness (QED) is 0.528. The van der Waals surface area contributed by atoms with E-state index in [9.17, 15) is 14.4 Å². The molecule has 0 aromatic heterocycles. The van der Waals surface area contributed by atoms with Crippen molar-refractivity contribution in [3.63, 3.8) is 0 Å². The molecular weight excluding hydrogens is 238 g/mol. The number of carbonyl (C=O) groups excluding carboxylic acids is 2. The molecule has 1 fully saturated rings. The van der Waals surface area contributed by atoms with Crippen molar-refractivity contribution in [2.75, 3.05) is 13.1 Å². The van der Waals surface area contributed by atoms with Gasteiger partial charge >= 0.3 is 12.0 Å². The van der Waals surface area contributed by atoms with Gasteiger partial charge in [-0.3, -0.25) is 20.2 Å². The number of carbonyl (C=O) groups is 3. The fourth-order valence-corrected chi connectivity index (χ4v) is 1.70. The van der Waals surface area contributed by atoms with Crippen LogP contribution in [0.2, 0.25) is 0 Å². The molecule has 0 aliphatic heterocycles. The molecule has 0 radical (unpaired) electrons. The standard InChI is InChI=1S/C11H19N3O4/c1-2-6-12-10(18)14-8(15)7-13-11(9(16)17)4-3-5-11/h13H,2-7H2,1H3,(H,16,17)(H2,12,14,15,18). The Hall–Kier alpha value is -1.63. The second-order valence-corrected chi connectivity index (χ2v) is 4.40. The van der Waals surface area contributed by atoms with E-state index in [1.165, 1.54) is 0 Å². The number of rotatable bonds is 6. The van der Waals surface area contributed by atoms with Crippen molar-refractivity contribution in [2.24, 2.45) is 0 Å². The third kappa shape index (κ3) is 3.69. The van der Waals surface area contributed by atoms with Gasteiger partial charge in [0.1, 0.15) is 5.54 Å². The van der Waals surface area contributed by atoms with Crippen LogP contribution in [-0.4, -0.2) is 41.6 Å². The molecule has 0 aromatic carbocycles. The highest BCUT2D eigenvalue weighted by atomic mass is 16.4. The summed E-state index contributed by atoms with van der Waals surface area (Å²) in [6, 6.07) is -0.554. The summed E-state index contributed by atoms with van der Waals surface area (Å²) in [7, 11) is 0. The van der Waals surface area contributed by atoms with Crippen molar-refractivity contribution in [3.05, 3.63) is 0 Å². The van der Waals surface area contributed by atoms with Gasteiger partial charge in [-0.1, -0.05) is 6.92 Å². The molecule has 1 rings (SSSR count). The Bertz CT molecular complexity index is 339. The van der Waals surface area contributed by atoms with E-state index in [4.69, 9.17) is 5.11 Å². The summed E-state index contributed by atoms with van der Waals surface area (Å²) in [4.78, 5) is 33.6. The van der Waals surface area contributed by atoms with Crippen LogP contribution >= 0.6 is 0 Å². The molecule has 1 aliphatic carbocycles. The highest BCUT2D eigenvalue weighted by Gasteiger charge is 2.44. The monoisotopic (exact) mass is 257 g/mol. The van der Waals surface area contributed by atoms with E-state index in [2.05, 4.69) is 16.0 Å². The van der Waals surface area contributed by atoms with Crippen molar-refractivity contribution in [2.45, 2.75) is 38.1 Å². The molecule has 18 heavy (non-hydrogen) atoms. The van der Waals surface area contributed by atoms with Gasteiger partial charge in [0.05, 0.1) is 6.54 Å². The van der Waals surface area contributed by atoms with E-state index < -0.39 is 23.4 Å². The first-order valence-corrected chi connectivity index (χ1v) is 6.06. The third-order valence-corrected chi connectivity index (χ3v) is 2.99. The SMILES string of the molecule is CCCNC(=O)NC(=O)CNC1(C(=O)O)CCC1. The Morgan fingerprint density at radius 3 is 2.39 bits per heavy atom. The molecule has 1 aliphatic rings. The zero-order valence-corrected chi connectivity index (χ0v) is 10.4. The van der Waals surface area contributed by atoms with Crippen molar-refractivity contribution in [1.29, 1.82) is 0 Å². The molecule has 0 heterocycles. The zero-order valence-electron chi connectivity index (χ0n) is 10.4. The minimum Gasteiger partial charge on any atom is -0.480 e. The second-order valence-electron chi connectivity index (χ2n) is 4.40. The number of imide groups is 1. The molecule has 1 saturated carbocycles. The number of urea groups is 1. The normalized spacial score (nSPS) is 16.5. The van der Waals surface area contributed by atoms with Gasteiger partial charge in [-0.25, -0.2) is 4.79 Å². The smallest absolute Gasteiger partial charge is 0.323 e. The van der Waals surface area contributed by atoms with Crippen LogP contribution in [0, 0.1) is 0 Å². The number of amides is 3. The Morgan fingerprint density at radius 1 is 1.28 bits per heavy atom. The maximum Gasteiger partial charge on any atom is 0.323 e. The van der Waals surface area contributed by atoms with Crippen LogP contribution in [0.15, 0.2) is 0 Å². The number of hydrogen-bond donors (Lipinski definition) is 4. The highest BCUT2D eigenvalue weighted by molar-refractivity contribution is 5.95. The van der Waals surface area contributed by atoms with Gasteiger partial charge in [0.25, 0.3) is 0 Å². The van der Waals surface area contributed by atoms with Gasteiger partial charge in [0, 0.05) is 6.54 Å². The summed E-state index contributed by atoms with van der Waals surface area (Å²) < 4.78 is 0. The third-order valence-electron chi connectivity index (χ3n) is 2.99. The average molecular weight is 257 g/mol. The lowest BCUT2D eigenvalue weighted by molar-refractivity contribution is -0.148. The molecule has 0 spiro atoms. The maximum absolute atomic E-state index is 11.4. The number of hydrogen-bond acceptors (Lipinski definition) is 4. The second kappa shape index (κ2) is 6.34. The maximum atomic E-state index is 11.4. The van der Waals surface area contributed by atoms with E-state index in [1.54, 1.807) is 0 Å². The lowest BCUT2D eigenvalue weighted by atomic mass is 9.77. The highest BCUT2D eigenvalue weighted by Crippen LogP contribution is 2.31. The van der Waals surface area contributed by atoms with Crippen molar-refractivity contribution >= 4 is 17.9 Å². The van der Waals surface area contributed by atoms with Crippen LogP contribution in [0.4, 0.5) is 4.79 Å².